The lowest BCUT2D eigenvalue weighted by molar-refractivity contribution is 0.151. The molecule has 102 valence electrons. The highest BCUT2D eigenvalue weighted by atomic mass is 16.5. The molecule has 0 aliphatic carbocycles. The van der Waals surface area contributed by atoms with Crippen LogP contribution >= 0.6 is 0 Å². The van der Waals surface area contributed by atoms with E-state index in [1.54, 1.807) is 0 Å². The molecule has 2 N–H and O–H groups in total. The zero-order valence-electron chi connectivity index (χ0n) is 11.9. The first-order valence-corrected chi connectivity index (χ1v) is 6.52. The van der Waals surface area contributed by atoms with Gasteiger partial charge in [0.1, 0.15) is 17.3 Å². The molecular weight excluding hydrogens is 238 g/mol. The Morgan fingerprint density at radius 3 is 2.16 bits per heavy atom. The number of benzene rings is 1. The smallest absolute Gasteiger partial charge is 0.171 e. The van der Waals surface area contributed by atoms with Gasteiger partial charge in [-0.3, -0.25) is 0 Å². The first-order chi connectivity index (χ1) is 8.95. The third-order valence-corrected chi connectivity index (χ3v) is 2.98. The van der Waals surface area contributed by atoms with Crippen LogP contribution < -0.4 is 10.5 Å². The zero-order valence-corrected chi connectivity index (χ0v) is 11.9. The van der Waals surface area contributed by atoms with E-state index in [0.29, 0.717) is 0 Å². The Hall–Kier alpha value is -1.74. The maximum Gasteiger partial charge on any atom is 0.171 e. The Labute approximate surface area is 114 Å². The van der Waals surface area contributed by atoms with Gasteiger partial charge in [0.05, 0.1) is 0 Å². The summed E-state index contributed by atoms with van der Waals surface area (Å²) < 4.78 is 11.7. The van der Waals surface area contributed by atoms with Crippen LogP contribution in [0.5, 0.6) is 5.75 Å². The van der Waals surface area contributed by atoms with E-state index in [1.807, 2.05) is 38.1 Å². The van der Waals surface area contributed by atoms with Crippen molar-refractivity contribution < 1.29 is 9.15 Å². The summed E-state index contributed by atoms with van der Waals surface area (Å²) in [6.45, 7) is 7.94. The molecule has 0 aliphatic rings. The lowest BCUT2D eigenvalue weighted by Gasteiger charge is -2.21. The minimum atomic E-state index is -0.269. The summed E-state index contributed by atoms with van der Waals surface area (Å²) in [6.07, 6.45) is -0.269. The van der Waals surface area contributed by atoms with Crippen LogP contribution in [0, 0.1) is 20.8 Å². The van der Waals surface area contributed by atoms with E-state index in [4.69, 9.17) is 14.9 Å². The van der Waals surface area contributed by atoms with Gasteiger partial charge in [-0.25, -0.2) is 0 Å². The van der Waals surface area contributed by atoms with Crippen molar-refractivity contribution in [1.29, 1.82) is 0 Å². The van der Waals surface area contributed by atoms with E-state index in [0.717, 1.165) is 17.3 Å². The van der Waals surface area contributed by atoms with Crippen LogP contribution in [-0.4, -0.2) is 6.04 Å². The summed E-state index contributed by atoms with van der Waals surface area (Å²) in [6, 6.07) is 9.84. The Morgan fingerprint density at radius 1 is 1.05 bits per heavy atom. The third kappa shape index (κ3) is 3.38. The van der Waals surface area contributed by atoms with Crippen molar-refractivity contribution >= 4 is 0 Å². The van der Waals surface area contributed by atoms with Crippen LogP contribution in [0.2, 0.25) is 0 Å². The lowest BCUT2D eigenvalue weighted by atomic mass is 10.1. The first kappa shape index (κ1) is 13.7. The van der Waals surface area contributed by atoms with E-state index in [9.17, 15) is 0 Å². The largest absolute Gasteiger partial charge is 0.481 e. The summed E-state index contributed by atoms with van der Waals surface area (Å²) in [5.74, 6) is 2.46. The van der Waals surface area contributed by atoms with Gasteiger partial charge in [-0.1, -0.05) is 6.07 Å². The standard InChI is InChI=1S/C16H21NO2/c1-10-7-11(2)9-14(8-10)19-16(13(4)17)15-6-5-12(3)18-15/h5-9,13,16H,17H2,1-4H3. The average molecular weight is 259 g/mol. The number of nitrogens with two attached hydrogens (primary N) is 1. The Kier molecular flexibility index (Phi) is 3.96. The number of aryl methyl sites for hydroxylation is 3. The molecule has 0 aliphatic heterocycles. The summed E-state index contributed by atoms with van der Waals surface area (Å²) in [5.41, 5.74) is 8.37. The lowest BCUT2D eigenvalue weighted by Crippen LogP contribution is -2.28. The fourth-order valence-corrected chi connectivity index (χ4v) is 2.18. The van der Waals surface area contributed by atoms with Crippen molar-refractivity contribution in [2.24, 2.45) is 5.73 Å². The molecule has 2 aromatic rings. The van der Waals surface area contributed by atoms with Crippen molar-refractivity contribution in [1.82, 2.24) is 0 Å². The summed E-state index contributed by atoms with van der Waals surface area (Å²) in [5, 5.41) is 0. The number of hydrogen-bond acceptors (Lipinski definition) is 3. The van der Waals surface area contributed by atoms with Crippen LogP contribution in [0.1, 0.15) is 35.7 Å². The molecule has 1 heterocycles. The van der Waals surface area contributed by atoms with Gasteiger partial charge in [0.25, 0.3) is 0 Å². The number of hydrogen-bond donors (Lipinski definition) is 1. The molecule has 0 fully saturated rings. The predicted molar refractivity (Wildman–Crippen MR) is 76.4 cm³/mol. The van der Waals surface area contributed by atoms with Gasteiger partial charge >= 0.3 is 0 Å². The zero-order chi connectivity index (χ0) is 14.0. The highest BCUT2D eigenvalue weighted by molar-refractivity contribution is 5.33. The van der Waals surface area contributed by atoms with E-state index < -0.39 is 0 Å². The monoisotopic (exact) mass is 259 g/mol. The van der Waals surface area contributed by atoms with Crippen molar-refractivity contribution in [2.45, 2.75) is 39.8 Å². The van der Waals surface area contributed by atoms with Gasteiger partial charge in [0.15, 0.2) is 6.10 Å². The van der Waals surface area contributed by atoms with E-state index in [2.05, 4.69) is 19.9 Å². The van der Waals surface area contributed by atoms with Crippen molar-refractivity contribution in [3.63, 3.8) is 0 Å². The van der Waals surface area contributed by atoms with Gasteiger partial charge in [-0.15, -0.1) is 0 Å². The Balaban J connectivity index is 2.26. The van der Waals surface area contributed by atoms with Gasteiger partial charge in [0.2, 0.25) is 0 Å². The van der Waals surface area contributed by atoms with Gasteiger partial charge in [0, 0.05) is 6.04 Å². The summed E-state index contributed by atoms with van der Waals surface area (Å²) >= 11 is 0. The van der Waals surface area contributed by atoms with E-state index in [1.165, 1.54) is 11.1 Å². The second-order valence-corrected chi connectivity index (χ2v) is 5.17. The van der Waals surface area contributed by atoms with Crippen LogP contribution in [0.4, 0.5) is 0 Å². The molecule has 0 saturated heterocycles. The molecular formula is C16H21NO2. The second kappa shape index (κ2) is 5.49. The number of rotatable bonds is 4. The molecule has 3 nitrogen and oxygen atoms in total. The van der Waals surface area contributed by atoms with Crippen LogP contribution in [0.25, 0.3) is 0 Å². The molecule has 2 atom stereocenters. The molecule has 0 spiro atoms. The maximum absolute atomic E-state index is 6.02. The highest BCUT2D eigenvalue weighted by Gasteiger charge is 2.21. The van der Waals surface area contributed by atoms with E-state index in [-0.39, 0.29) is 12.1 Å². The molecule has 3 heteroatoms. The van der Waals surface area contributed by atoms with Crippen LogP contribution in [-0.2, 0) is 0 Å². The molecule has 2 unspecified atom stereocenters. The summed E-state index contributed by atoms with van der Waals surface area (Å²) in [7, 11) is 0. The van der Waals surface area contributed by atoms with Crippen molar-refractivity contribution in [3.05, 3.63) is 53.0 Å². The van der Waals surface area contributed by atoms with Crippen molar-refractivity contribution in [2.75, 3.05) is 0 Å². The normalized spacial score (nSPS) is 14.2. The Morgan fingerprint density at radius 2 is 1.68 bits per heavy atom. The SMILES string of the molecule is Cc1cc(C)cc(OC(c2ccc(C)o2)C(C)N)c1. The maximum atomic E-state index is 6.02. The molecule has 0 saturated carbocycles. The highest BCUT2D eigenvalue weighted by Crippen LogP contribution is 2.27. The van der Waals surface area contributed by atoms with Gasteiger partial charge in [-0.05, 0) is 63.1 Å². The Bertz CT molecular complexity index is 537. The fourth-order valence-electron chi connectivity index (χ4n) is 2.18. The quantitative estimate of drug-likeness (QED) is 0.911. The number of ether oxygens (including phenoxy) is 1. The number of furan rings is 1. The van der Waals surface area contributed by atoms with Gasteiger partial charge in [-0.2, -0.15) is 0 Å². The van der Waals surface area contributed by atoms with Crippen LogP contribution in [0.3, 0.4) is 0 Å². The molecule has 0 radical (unpaired) electrons. The predicted octanol–water partition coefficient (Wildman–Crippen LogP) is 3.67. The first-order valence-electron chi connectivity index (χ1n) is 6.52. The van der Waals surface area contributed by atoms with Crippen LogP contribution in [0.15, 0.2) is 34.7 Å². The van der Waals surface area contributed by atoms with Gasteiger partial charge < -0.3 is 14.9 Å². The molecule has 0 amide bonds. The summed E-state index contributed by atoms with van der Waals surface area (Å²) in [4.78, 5) is 0. The fraction of sp³-hybridized carbons (Fsp3) is 0.375. The molecule has 0 bridgehead atoms. The second-order valence-electron chi connectivity index (χ2n) is 5.17. The third-order valence-electron chi connectivity index (χ3n) is 2.98. The van der Waals surface area contributed by atoms with E-state index >= 15 is 0 Å². The minimum Gasteiger partial charge on any atom is -0.481 e. The van der Waals surface area contributed by atoms with Crippen molar-refractivity contribution in [3.8, 4) is 5.75 Å². The topological polar surface area (TPSA) is 48.4 Å². The molecule has 1 aromatic carbocycles. The average Bonchev–Trinajstić information content (AvgIpc) is 2.70. The molecule has 19 heavy (non-hydrogen) atoms. The minimum absolute atomic E-state index is 0.147. The molecule has 1 aromatic heterocycles. The molecule has 2 rings (SSSR count).